The molecule has 0 spiro atoms. The van der Waals surface area contributed by atoms with Crippen LogP contribution >= 0.6 is 23.2 Å². The van der Waals surface area contributed by atoms with Gasteiger partial charge in [0, 0.05) is 11.6 Å². The molecule has 2 atom stereocenters. The van der Waals surface area contributed by atoms with Crippen molar-refractivity contribution >= 4 is 40.7 Å². The Morgan fingerprint density at radius 1 is 1.40 bits per heavy atom. The molecule has 0 aliphatic carbocycles. The van der Waals surface area contributed by atoms with Crippen LogP contribution in [0.15, 0.2) is 18.2 Å². The molecule has 2 unspecified atom stereocenters. The molecule has 1 aromatic rings. The van der Waals surface area contributed by atoms with Gasteiger partial charge in [-0.15, -0.1) is 0 Å². The van der Waals surface area contributed by atoms with Crippen LogP contribution in [-0.2, 0) is 9.59 Å². The van der Waals surface area contributed by atoms with Gasteiger partial charge < -0.3 is 10.4 Å². The number of aliphatic hydroxyl groups is 1. The Bertz CT molecular complexity index is 539. The maximum absolute atomic E-state index is 11.9. The molecule has 0 aromatic heterocycles. The molecule has 6 nitrogen and oxygen atoms in total. The van der Waals surface area contributed by atoms with E-state index in [1.54, 1.807) is 12.1 Å². The number of hydrazine groups is 1. The maximum Gasteiger partial charge on any atom is 0.253 e. The van der Waals surface area contributed by atoms with Crippen LogP contribution in [-0.4, -0.2) is 29.6 Å². The smallest absolute Gasteiger partial charge is 0.253 e. The van der Waals surface area contributed by atoms with Gasteiger partial charge in [0.05, 0.1) is 16.8 Å². The summed E-state index contributed by atoms with van der Waals surface area (Å²) in [4.78, 5) is 23.5. The lowest BCUT2D eigenvalue weighted by Gasteiger charge is -2.26. The van der Waals surface area contributed by atoms with Crippen LogP contribution in [0.4, 0.5) is 5.69 Å². The molecule has 2 rings (SSSR count). The average Bonchev–Trinajstić information content (AvgIpc) is 2.37. The van der Waals surface area contributed by atoms with Crippen LogP contribution in [0.5, 0.6) is 0 Å². The zero-order valence-corrected chi connectivity index (χ0v) is 11.8. The third kappa shape index (κ3) is 3.33. The Morgan fingerprint density at radius 2 is 2.15 bits per heavy atom. The van der Waals surface area contributed by atoms with E-state index in [1.165, 1.54) is 6.07 Å². The van der Waals surface area contributed by atoms with Gasteiger partial charge in [-0.25, -0.2) is 0 Å². The van der Waals surface area contributed by atoms with Gasteiger partial charge in [0.2, 0.25) is 5.91 Å². The molecule has 1 aliphatic heterocycles. The first kappa shape index (κ1) is 14.9. The van der Waals surface area contributed by atoms with Crippen LogP contribution in [0.3, 0.4) is 0 Å². The SMILES string of the molecule is O=C1NCCC(O)C1C(=O)NNc1ccc(Cl)cc1Cl. The number of anilines is 1. The molecule has 1 fully saturated rings. The third-order valence-corrected chi connectivity index (χ3v) is 3.49. The van der Waals surface area contributed by atoms with Crippen molar-refractivity contribution in [3.8, 4) is 0 Å². The minimum atomic E-state index is -1.14. The highest BCUT2D eigenvalue weighted by molar-refractivity contribution is 6.36. The van der Waals surface area contributed by atoms with E-state index in [1.807, 2.05) is 0 Å². The number of hydrogen-bond acceptors (Lipinski definition) is 4. The third-order valence-electron chi connectivity index (χ3n) is 2.94. The van der Waals surface area contributed by atoms with Crippen molar-refractivity contribution in [2.24, 2.45) is 5.92 Å². The van der Waals surface area contributed by atoms with Gasteiger partial charge in [0.15, 0.2) is 0 Å². The van der Waals surface area contributed by atoms with Crippen molar-refractivity contribution in [1.29, 1.82) is 0 Å². The zero-order chi connectivity index (χ0) is 14.7. The van der Waals surface area contributed by atoms with Crippen LogP contribution in [0, 0.1) is 5.92 Å². The molecule has 1 saturated heterocycles. The molecular weight excluding hydrogens is 305 g/mol. The fourth-order valence-electron chi connectivity index (χ4n) is 1.89. The Balaban J connectivity index is 1.99. The number of nitrogens with one attached hydrogen (secondary N) is 3. The molecule has 1 heterocycles. The lowest BCUT2D eigenvalue weighted by atomic mass is 9.95. The lowest BCUT2D eigenvalue weighted by molar-refractivity contribution is -0.142. The fraction of sp³-hybridized carbons (Fsp3) is 0.333. The second kappa shape index (κ2) is 6.30. The normalized spacial score (nSPS) is 22.1. The fourth-order valence-corrected chi connectivity index (χ4v) is 2.34. The van der Waals surface area contributed by atoms with E-state index in [-0.39, 0.29) is 0 Å². The van der Waals surface area contributed by atoms with E-state index < -0.39 is 23.8 Å². The van der Waals surface area contributed by atoms with Crippen molar-refractivity contribution in [3.63, 3.8) is 0 Å². The van der Waals surface area contributed by atoms with Crippen molar-refractivity contribution in [1.82, 2.24) is 10.7 Å². The number of carbonyl (C=O) groups is 2. The number of aliphatic hydroxyl groups excluding tert-OH is 1. The molecular formula is C12H13Cl2N3O3. The summed E-state index contributed by atoms with van der Waals surface area (Å²) in [6.07, 6.45) is -0.655. The standard InChI is InChI=1S/C12H13Cl2N3O3/c13-6-1-2-8(7(14)5-6)16-17-12(20)10-9(18)3-4-15-11(10)19/h1-2,5,9-10,16,18H,3-4H2,(H,15,19)(H,17,20). The van der Waals surface area contributed by atoms with E-state index in [9.17, 15) is 14.7 Å². The molecule has 20 heavy (non-hydrogen) atoms. The van der Waals surface area contributed by atoms with Gasteiger partial charge in [0.1, 0.15) is 5.92 Å². The van der Waals surface area contributed by atoms with Crippen LogP contribution in [0.25, 0.3) is 0 Å². The maximum atomic E-state index is 11.9. The number of hydrogen-bond donors (Lipinski definition) is 4. The van der Waals surface area contributed by atoms with Crippen molar-refractivity contribution in [2.45, 2.75) is 12.5 Å². The Kier molecular flexibility index (Phi) is 4.69. The van der Waals surface area contributed by atoms with Crippen LogP contribution < -0.4 is 16.2 Å². The van der Waals surface area contributed by atoms with Crippen molar-refractivity contribution in [3.05, 3.63) is 28.2 Å². The predicted octanol–water partition coefficient (Wildman–Crippen LogP) is 0.934. The summed E-state index contributed by atoms with van der Waals surface area (Å²) in [5, 5.41) is 13.0. The zero-order valence-electron chi connectivity index (χ0n) is 10.3. The molecule has 1 aliphatic rings. The van der Waals surface area contributed by atoms with Crippen LogP contribution in [0.2, 0.25) is 10.0 Å². The summed E-state index contributed by atoms with van der Waals surface area (Å²) in [5.74, 6) is -2.26. The molecule has 4 N–H and O–H groups in total. The van der Waals surface area contributed by atoms with E-state index in [2.05, 4.69) is 16.2 Å². The highest BCUT2D eigenvalue weighted by Crippen LogP contribution is 2.24. The van der Waals surface area contributed by atoms with Crippen molar-refractivity contribution in [2.75, 3.05) is 12.0 Å². The largest absolute Gasteiger partial charge is 0.392 e. The van der Waals surface area contributed by atoms with Gasteiger partial charge in [-0.1, -0.05) is 23.2 Å². The molecule has 8 heteroatoms. The summed E-state index contributed by atoms with van der Waals surface area (Å²) in [6, 6.07) is 4.70. The first-order valence-corrected chi connectivity index (χ1v) is 6.71. The minimum absolute atomic E-state index is 0.325. The molecule has 0 radical (unpaired) electrons. The van der Waals surface area contributed by atoms with Crippen LogP contribution in [0.1, 0.15) is 6.42 Å². The Hall–Kier alpha value is -1.50. The average molecular weight is 318 g/mol. The lowest BCUT2D eigenvalue weighted by Crippen LogP contribution is -2.52. The van der Waals surface area contributed by atoms with E-state index in [0.29, 0.717) is 28.7 Å². The van der Waals surface area contributed by atoms with Gasteiger partial charge in [-0.2, -0.15) is 0 Å². The number of rotatable bonds is 3. The number of amides is 2. The Labute approximate surface area is 125 Å². The first-order chi connectivity index (χ1) is 9.49. The summed E-state index contributed by atoms with van der Waals surface area (Å²) >= 11 is 11.7. The monoisotopic (exact) mass is 317 g/mol. The number of halogens is 2. The summed E-state index contributed by atoms with van der Waals surface area (Å²) in [5.41, 5.74) is 5.39. The number of carbonyl (C=O) groups excluding carboxylic acids is 2. The van der Waals surface area contributed by atoms with Gasteiger partial charge in [-0.3, -0.25) is 20.4 Å². The summed E-state index contributed by atoms with van der Waals surface area (Å²) in [6.45, 7) is 0.361. The van der Waals surface area contributed by atoms with Gasteiger partial charge in [0.25, 0.3) is 5.91 Å². The molecule has 0 saturated carbocycles. The Morgan fingerprint density at radius 3 is 2.80 bits per heavy atom. The van der Waals surface area contributed by atoms with E-state index >= 15 is 0 Å². The quantitative estimate of drug-likeness (QED) is 0.493. The second-order valence-corrected chi connectivity index (χ2v) is 5.21. The summed E-state index contributed by atoms with van der Waals surface area (Å²) < 4.78 is 0. The molecule has 1 aromatic carbocycles. The van der Waals surface area contributed by atoms with E-state index in [4.69, 9.17) is 23.2 Å². The molecule has 2 amide bonds. The van der Waals surface area contributed by atoms with E-state index in [0.717, 1.165) is 0 Å². The minimum Gasteiger partial charge on any atom is -0.392 e. The topological polar surface area (TPSA) is 90.5 Å². The first-order valence-electron chi connectivity index (χ1n) is 5.95. The van der Waals surface area contributed by atoms with Gasteiger partial charge in [-0.05, 0) is 24.6 Å². The number of piperidine rings is 1. The highest BCUT2D eigenvalue weighted by Gasteiger charge is 2.36. The molecule has 0 bridgehead atoms. The number of benzene rings is 1. The predicted molar refractivity (Wildman–Crippen MR) is 75.4 cm³/mol. The van der Waals surface area contributed by atoms with Gasteiger partial charge >= 0.3 is 0 Å². The van der Waals surface area contributed by atoms with Crippen molar-refractivity contribution < 1.29 is 14.7 Å². The molecule has 108 valence electrons. The second-order valence-electron chi connectivity index (χ2n) is 4.36. The summed E-state index contributed by atoms with van der Waals surface area (Å²) in [7, 11) is 0. The highest BCUT2D eigenvalue weighted by atomic mass is 35.5.